The molecule has 1 saturated heterocycles. The van der Waals surface area contributed by atoms with Gasteiger partial charge in [-0.25, -0.2) is 15.0 Å². The second kappa shape index (κ2) is 10.7. The van der Waals surface area contributed by atoms with E-state index in [1.165, 1.54) is 0 Å². The van der Waals surface area contributed by atoms with Crippen LogP contribution in [0, 0.1) is 6.92 Å². The van der Waals surface area contributed by atoms with Crippen LogP contribution in [0.5, 0.6) is 11.6 Å². The Morgan fingerprint density at radius 1 is 1.03 bits per heavy atom. The zero-order valence-corrected chi connectivity index (χ0v) is 22.4. The fourth-order valence-corrected chi connectivity index (χ4v) is 5.06. The Morgan fingerprint density at radius 2 is 1.95 bits per heavy atom. The fourth-order valence-electron chi connectivity index (χ4n) is 5.06. The van der Waals surface area contributed by atoms with E-state index in [9.17, 15) is 0 Å². The monoisotopic (exact) mass is 520 g/mol. The molecular formula is C30H32N8O. The molecule has 2 N–H and O–H groups in total. The third-order valence-corrected chi connectivity index (χ3v) is 7.12. The van der Waals surface area contributed by atoms with Crippen LogP contribution < -0.4 is 20.3 Å². The average molecular weight is 521 g/mol. The summed E-state index contributed by atoms with van der Waals surface area (Å²) in [6.45, 7) is 4.02. The molecule has 5 aromatic rings. The highest BCUT2D eigenvalue weighted by molar-refractivity contribution is 6.00. The summed E-state index contributed by atoms with van der Waals surface area (Å²) in [4.78, 5) is 16.0. The van der Waals surface area contributed by atoms with Gasteiger partial charge in [0.2, 0.25) is 11.8 Å². The summed E-state index contributed by atoms with van der Waals surface area (Å²) in [6, 6.07) is 18.5. The van der Waals surface area contributed by atoms with Gasteiger partial charge in [0.25, 0.3) is 0 Å². The number of aryl methyl sites for hydroxylation is 2. The third-order valence-electron chi connectivity index (χ3n) is 7.12. The van der Waals surface area contributed by atoms with Crippen molar-refractivity contribution in [3.8, 4) is 22.9 Å². The van der Waals surface area contributed by atoms with E-state index in [-0.39, 0.29) is 0 Å². The predicted molar refractivity (Wildman–Crippen MR) is 155 cm³/mol. The Bertz CT molecular complexity index is 1610. The Balaban J connectivity index is 1.35. The van der Waals surface area contributed by atoms with Gasteiger partial charge >= 0.3 is 0 Å². The van der Waals surface area contributed by atoms with E-state index < -0.39 is 0 Å². The first-order valence-corrected chi connectivity index (χ1v) is 13.3. The Morgan fingerprint density at radius 3 is 2.77 bits per heavy atom. The maximum absolute atomic E-state index is 6.60. The van der Waals surface area contributed by atoms with Gasteiger partial charge in [-0.3, -0.25) is 4.68 Å². The van der Waals surface area contributed by atoms with Crippen molar-refractivity contribution in [2.75, 3.05) is 30.4 Å². The second-order valence-corrected chi connectivity index (χ2v) is 9.90. The second-order valence-electron chi connectivity index (χ2n) is 9.90. The van der Waals surface area contributed by atoms with Crippen molar-refractivity contribution in [2.45, 2.75) is 25.8 Å². The molecule has 9 heteroatoms. The van der Waals surface area contributed by atoms with Crippen LogP contribution in [-0.2, 0) is 7.05 Å². The summed E-state index contributed by atoms with van der Waals surface area (Å²) >= 11 is 0. The number of benzene rings is 2. The number of hydrogen-bond donors (Lipinski definition) is 2. The molecule has 4 heterocycles. The first-order valence-electron chi connectivity index (χ1n) is 13.3. The van der Waals surface area contributed by atoms with Gasteiger partial charge in [-0.1, -0.05) is 24.3 Å². The number of nitrogens with zero attached hydrogens (tertiary/aromatic N) is 6. The Labute approximate surface area is 227 Å². The normalized spacial score (nSPS) is 15.3. The Hall–Kier alpha value is -4.50. The van der Waals surface area contributed by atoms with E-state index in [2.05, 4.69) is 61.8 Å². The minimum Gasteiger partial charge on any atom is -0.437 e. The van der Waals surface area contributed by atoms with Crippen molar-refractivity contribution in [3.05, 3.63) is 78.8 Å². The molecule has 0 aliphatic carbocycles. The van der Waals surface area contributed by atoms with Crippen molar-refractivity contribution in [1.82, 2.24) is 30.0 Å². The van der Waals surface area contributed by atoms with Gasteiger partial charge < -0.3 is 20.3 Å². The zero-order chi connectivity index (χ0) is 26.8. The van der Waals surface area contributed by atoms with Gasteiger partial charge in [-0.05, 0) is 56.1 Å². The molecule has 9 nitrogen and oxygen atoms in total. The van der Waals surface area contributed by atoms with Gasteiger partial charge in [0.1, 0.15) is 5.75 Å². The molecule has 0 amide bonds. The first kappa shape index (κ1) is 24.8. The number of pyridine rings is 1. The molecule has 6 rings (SSSR count). The summed E-state index contributed by atoms with van der Waals surface area (Å²) < 4.78 is 8.41. The van der Waals surface area contributed by atoms with Crippen LogP contribution in [-0.4, -0.2) is 50.9 Å². The SMILES string of the molecule is Cc1ccc2c(N(C)c3ccn(C)n3)cccc2c1Oc1ncccc1-c1ccnc(N[C@H]2CCCNC2)n1. The maximum atomic E-state index is 6.60. The van der Waals surface area contributed by atoms with Crippen LogP contribution >= 0.6 is 0 Å². The Kier molecular flexibility index (Phi) is 6.81. The van der Waals surface area contributed by atoms with Gasteiger partial charge in [0.05, 0.1) is 16.9 Å². The number of ether oxygens (including phenoxy) is 1. The molecule has 3 aromatic heterocycles. The average Bonchev–Trinajstić information content (AvgIpc) is 3.41. The minimum atomic E-state index is 0.315. The van der Waals surface area contributed by atoms with E-state index in [0.29, 0.717) is 17.9 Å². The number of nitrogens with one attached hydrogen (secondary N) is 2. The molecule has 0 spiro atoms. The van der Waals surface area contributed by atoms with Crippen molar-refractivity contribution >= 4 is 28.2 Å². The van der Waals surface area contributed by atoms with E-state index in [0.717, 1.165) is 70.8 Å². The molecular weight excluding hydrogens is 488 g/mol. The lowest BCUT2D eigenvalue weighted by molar-refractivity contribution is 0.466. The van der Waals surface area contributed by atoms with Crippen LogP contribution in [0.1, 0.15) is 18.4 Å². The molecule has 2 aromatic carbocycles. The standard InChI is InChI=1S/C30H32N8O/c1-20-11-12-22-23(8-4-10-26(22)38(3)27-14-18-37(2)36-27)28(20)39-29-24(9-6-16-32-29)25-13-17-33-30(35-25)34-21-7-5-15-31-19-21/h4,6,8-14,16-18,21,31H,5,7,15,19H2,1-3H3,(H,33,34,35)/t21-/m0/s1. The summed E-state index contributed by atoms with van der Waals surface area (Å²) in [6.07, 6.45) is 7.70. The molecule has 1 aliphatic rings. The number of piperidine rings is 1. The highest BCUT2D eigenvalue weighted by Gasteiger charge is 2.18. The van der Waals surface area contributed by atoms with Crippen molar-refractivity contribution in [3.63, 3.8) is 0 Å². The highest BCUT2D eigenvalue weighted by Crippen LogP contribution is 2.40. The van der Waals surface area contributed by atoms with Crippen molar-refractivity contribution < 1.29 is 4.74 Å². The summed E-state index contributed by atoms with van der Waals surface area (Å²) in [5, 5.41) is 13.5. The number of rotatable bonds is 7. The van der Waals surface area contributed by atoms with Crippen LogP contribution in [0.25, 0.3) is 22.0 Å². The quantitative estimate of drug-likeness (QED) is 0.292. The first-order chi connectivity index (χ1) is 19.1. The van der Waals surface area contributed by atoms with E-state index >= 15 is 0 Å². The van der Waals surface area contributed by atoms with Gasteiger partial charge in [-0.15, -0.1) is 0 Å². The zero-order valence-electron chi connectivity index (χ0n) is 22.4. The molecule has 0 saturated carbocycles. The number of hydrogen-bond acceptors (Lipinski definition) is 8. The highest BCUT2D eigenvalue weighted by atomic mass is 16.5. The molecule has 0 bridgehead atoms. The maximum Gasteiger partial charge on any atom is 0.228 e. The molecule has 1 aliphatic heterocycles. The molecule has 0 radical (unpaired) electrons. The third kappa shape index (κ3) is 5.13. The van der Waals surface area contributed by atoms with E-state index in [4.69, 9.17) is 9.72 Å². The molecule has 39 heavy (non-hydrogen) atoms. The summed E-state index contributed by atoms with van der Waals surface area (Å²) in [5.74, 6) is 2.75. The lowest BCUT2D eigenvalue weighted by Crippen LogP contribution is -2.38. The number of anilines is 3. The van der Waals surface area contributed by atoms with E-state index in [1.807, 2.05) is 50.6 Å². The van der Waals surface area contributed by atoms with E-state index in [1.54, 1.807) is 17.1 Å². The largest absolute Gasteiger partial charge is 0.437 e. The number of fused-ring (bicyclic) bond motifs is 1. The molecule has 198 valence electrons. The lowest BCUT2D eigenvalue weighted by atomic mass is 10.0. The van der Waals surface area contributed by atoms with Crippen LogP contribution in [0.15, 0.2) is 73.2 Å². The topological polar surface area (TPSA) is 93.0 Å². The predicted octanol–water partition coefficient (Wildman–Crippen LogP) is 5.46. The van der Waals surface area contributed by atoms with Crippen molar-refractivity contribution in [2.24, 2.45) is 7.05 Å². The summed E-state index contributed by atoms with van der Waals surface area (Å²) in [5.41, 5.74) is 3.63. The summed E-state index contributed by atoms with van der Waals surface area (Å²) in [7, 11) is 3.95. The van der Waals surface area contributed by atoms with Gasteiger partial charge in [0, 0.05) is 62.1 Å². The van der Waals surface area contributed by atoms with Crippen LogP contribution in [0.4, 0.5) is 17.5 Å². The van der Waals surface area contributed by atoms with Gasteiger partial charge in [0.15, 0.2) is 5.82 Å². The fraction of sp³-hybridized carbons (Fsp3) is 0.267. The van der Waals surface area contributed by atoms with Crippen LogP contribution in [0.3, 0.4) is 0 Å². The molecule has 0 unspecified atom stereocenters. The number of aromatic nitrogens is 5. The van der Waals surface area contributed by atoms with Crippen LogP contribution in [0.2, 0.25) is 0 Å². The minimum absolute atomic E-state index is 0.315. The van der Waals surface area contributed by atoms with Crippen molar-refractivity contribution in [1.29, 1.82) is 0 Å². The smallest absolute Gasteiger partial charge is 0.228 e. The van der Waals surface area contributed by atoms with Gasteiger partial charge in [-0.2, -0.15) is 5.10 Å². The molecule has 1 fully saturated rings. The lowest BCUT2D eigenvalue weighted by Gasteiger charge is -2.23. The molecule has 1 atom stereocenters.